The third kappa shape index (κ3) is 4.85. The number of nitrogens with zero attached hydrogens (tertiary/aromatic N) is 5. The molecule has 2 aromatic heterocycles. The van der Waals surface area contributed by atoms with Crippen molar-refractivity contribution < 1.29 is 26.3 Å². The molecule has 0 amide bonds. The molecule has 0 aliphatic heterocycles. The van der Waals surface area contributed by atoms with E-state index in [-0.39, 0.29) is 28.1 Å². The number of alkyl halides is 6. The third-order valence-electron chi connectivity index (χ3n) is 9.24. The number of para-hydroxylation sites is 2. The van der Waals surface area contributed by atoms with Gasteiger partial charge in [0.2, 0.25) is 0 Å². The highest BCUT2D eigenvalue weighted by molar-refractivity contribution is 6.12. The van der Waals surface area contributed by atoms with E-state index in [1.807, 2.05) is 0 Å². The maximum atomic E-state index is 15.1. The second-order valence-electron chi connectivity index (χ2n) is 12.1. The second kappa shape index (κ2) is 11.5. The molecule has 0 aliphatic carbocycles. The molecule has 11 heteroatoms. The van der Waals surface area contributed by atoms with Crippen LogP contribution in [0.3, 0.4) is 0 Å². The van der Waals surface area contributed by atoms with Crippen molar-refractivity contribution in [2.75, 3.05) is 0 Å². The second-order valence-corrected chi connectivity index (χ2v) is 12.1. The van der Waals surface area contributed by atoms with Crippen LogP contribution in [0.1, 0.15) is 27.8 Å². The maximum absolute atomic E-state index is 15.1. The van der Waals surface area contributed by atoms with Crippen LogP contribution >= 0.6 is 0 Å². The molecular formula is C41H19F6N5. The van der Waals surface area contributed by atoms with Gasteiger partial charge in [-0.05, 0) is 60.7 Å². The van der Waals surface area contributed by atoms with Gasteiger partial charge in [0, 0.05) is 32.7 Å². The summed E-state index contributed by atoms with van der Waals surface area (Å²) in [7, 11) is 0. The average molecular weight is 696 g/mol. The number of rotatable bonds is 3. The molecule has 0 atom stereocenters. The van der Waals surface area contributed by atoms with Gasteiger partial charge in [0.15, 0.2) is 0 Å². The predicted molar refractivity (Wildman–Crippen MR) is 185 cm³/mol. The van der Waals surface area contributed by atoms with E-state index in [2.05, 4.69) is 18.2 Å². The van der Waals surface area contributed by atoms with E-state index in [4.69, 9.17) is 0 Å². The van der Waals surface area contributed by atoms with Crippen LogP contribution in [-0.4, -0.2) is 9.13 Å². The number of halogens is 6. The first kappa shape index (κ1) is 32.2. The van der Waals surface area contributed by atoms with Crippen LogP contribution in [0.4, 0.5) is 26.3 Å². The predicted octanol–water partition coefficient (Wildman–Crippen LogP) is 11.2. The van der Waals surface area contributed by atoms with Crippen LogP contribution in [0, 0.1) is 34.0 Å². The number of benzene rings is 6. The molecule has 0 spiro atoms. The first-order chi connectivity index (χ1) is 24.9. The van der Waals surface area contributed by atoms with Crippen molar-refractivity contribution >= 4 is 43.6 Å². The summed E-state index contributed by atoms with van der Waals surface area (Å²) in [6, 6.07) is 33.9. The van der Waals surface area contributed by atoms with Crippen molar-refractivity contribution in [1.29, 1.82) is 15.8 Å². The number of hydrogen-bond donors (Lipinski definition) is 0. The van der Waals surface area contributed by atoms with Gasteiger partial charge in [0.05, 0.1) is 79.5 Å². The van der Waals surface area contributed by atoms with Crippen molar-refractivity contribution in [2.24, 2.45) is 0 Å². The van der Waals surface area contributed by atoms with Crippen molar-refractivity contribution in [1.82, 2.24) is 9.13 Å². The van der Waals surface area contributed by atoms with E-state index in [0.29, 0.717) is 55.7 Å². The van der Waals surface area contributed by atoms with Crippen molar-refractivity contribution in [3.63, 3.8) is 0 Å². The van der Waals surface area contributed by atoms with Crippen LogP contribution in [-0.2, 0) is 12.4 Å². The molecule has 0 saturated carbocycles. The zero-order valence-corrected chi connectivity index (χ0v) is 26.5. The third-order valence-corrected chi connectivity index (χ3v) is 9.24. The standard InChI is InChI=1S/C41H19F6N5/c42-40(43,44)30-8-5-9-31(41(45,46)47)38(30)39-36(51-32-10-3-1-6-26(32)28-14-12-23(20-48)16-34(28)51)18-25(22-50)19-37(39)52-33-11-4-2-7-27(33)29-15-13-24(21-49)17-35(29)52/h1-19H. The summed E-state index contributed by atoms with van der Waals surface area (Å²) in [4.78, 5) is 0. The van der Waals surface area contributed by atoms with Gasteiger partial charge >= 0.3 is 12.4 Å². The lowest BCUT2D eigenvalue weighted by atomic mass is 9.89. The van der Waals surface area contributed by atoms with E-state index >= 15 is 26.3 Å². The van der Waals surface area contributed by atoms with E-state index in [1.54, 1.807) is 72.8 Å². The molecule has 52 heavy (non-hydrogen) atoms. The van der Waals surface area contributed by atoms with Gasteiger partial charge < -0.3 is 9.13 Å². The van der Waals surface area contributed by atoms with Gasteiger partial charge in [-0.3, -0.25) is 0 Å². The zero-order chi connectivity index (χ0) is 36.5. The number of fused-ring (bicyclic) bond motifs is 6. The summed E-state index contributed by atoms with van der Waals surface area (Å²) >= 11 is 0. The highest BCUT2D eigenvalue weighted by Gasteiger charge is 2.43. The van der Waals surface area contributed by atoms with Gasteiger partial charge in [0.25, 0.3) is 0 Å². The molecule has 8 aromatic rings. The van der Waals surface area contributed by atoms with Gasteiger partial charge in [-0.25, -0.2) is 0 Å². The van der Waals surface area contributed by atoms with Crippen LogP contribution in [0.15, 0.2) is 115 Å². The number of hydrogen-bond acceptors (Lipinski definition) is 3. The minimum atomic E-state index is -5.25. The highest BCUT2D eigenvalue weighted by atomic mass is 19.4. The minimum absolute atomic E-state index is 0.0588. The molecule has 2 heterocycles. The fraction of sp³-hybridized carbons (Fsp3) is 0.0488. The molecule has 250 valence electrons. The van der Waals surface area contributed by atoms with Crippen LogP contribution in [0.25, 0.3) is 66.1 Å². The van der Waals surface area contributed by atoms with E-state index < -0.39 is 34.6 Å². The maximum Gasteiger partial charge on any atom is 0.417 e. The molecule has 8 rings (SSSR count). The smallest absolute Gasteiger partial charge is 0.308 e. The Morgan fingerprint density at radius 2 is 0.808 bits per heavy atom. The monoisotopic (exact) mass is 695 g/mol. The molecule has 6 aromatic carbocycles. The summed E-state index contributed by atoms with van der Waals surface area (Å²) in [5, 5.41) is 32.5. The molecule has 0 saturated heterocycles. The lowest BCUT2D eigenvalue weighted by Crippen LogP contribution is -2.16. The fourth-order valence-electron chi connectivity index (χ4n) is 7.18. The Morgan fingerprint density at radius 3 is 1.21 bits per heavy atom. The van der Waals surface area contributed by atoms with Gasteiger partial charge in [-0.2, -0.15) is 42.1 Å². The Labute approximate surface area is 290 Å². The van der Waals surface area contributed by atoms with E-state index in [0.717, 1.165) is 6.07 Å². The topological polar surface area (TPSA) is 81.2 Å². The zero-order valence-electron chi connectivity index (χ0n) is 26.5. The summed E-state index contributed by atoms with van der Waals surface area (Å²) in [6.07, 6.45) is -10.5. The Hall–Kier alpha value is -7.03. The van der Waals surface area contributed by atoms with Crippen LogP contribution in [0.5, 0.6) is 0 Å². The van der Waals surface area contributed by atoms with Gasteiger partial charge in [-0.1, -0.05) is 54.6 Å². The minimum Gasteiger partial charge on any atom is -0.308 e. The molecule has 0 unspecified atom stereocenters. The van der Waals surface area contributed by atoms with E-state index in [9.17, 15) is 15.8 Å². The molecule has 0 radical (unpaired) electrons. The lowest BCUT2D eigenvalue weighted by molar-refractivity contribution is -0.142. The molecular weight excluding hydrogens is 676 g/mol. The first-order valence-electron chi connectivity index (χ1n) is 15.7. The number of aromatic nitrogens is 2. The SMILES string of the molecule is N#Cc1cc(-n2c3ccccc3c3ccc(C#N)cc32)c(-c2c(C(F)(F)F)cccc2C(F)(F)F)c(-n2c3ccccc3c3ccc(C#N)cc32)c1. The van der Waals surface area contributed by atoms with Crippen LogP contribution in [0.2, 0.25) is 0 Å². The van der Waals surface area contributed by atoms with Gasteiger partial charge in [-0.15, -0.1) is 0 Å². The summed E-state index contributed by atoms with van der Waals surface area (Å²) < 4.78 is 93.6. The summed E-state index contributed by atoms with van der Waals surface area (Å²) in [6.45, 7) is 0. The Balaban J connectivity index is 1.70. The molecule has 0 aliphatic rings. The Kier molecular flexibility index (Phi) is 7.13. The molecule has 5 nitrogen and oxygen atoms in total. The Bertz CT molecular complexity index is 2740. The van der Waals surface area contributed by atoms with Crippen LogP contribution < -0.4 is 0 Å². The highest BCUT2D eigenvalue weighted by Crippen LogP contribution is 2.50. The van der Waals surface area contributed by atoms with Crippen molar-refractivity contribution in [3.8, 4) is 40.7 Å². The summed E-state index contributed by atoms with van der Waals surface area (Å²) in [5.41, 5.74) is -3.14. The van der Waals surface area contributed by atoms with Crippen molar-refractivity contribution in [3.05, 3.63) is 143 Å². The molecule has 0 bridgehead atoms. The van der Waals surface area contributed by atoms with Crippen molar-refractivity contribution in [2.45, 2.75) is 12.4 Å². The Morgan fingerprint density at radius 1 is 0.404 bits per heavy atom. The quantitative estimate of drug-likeness (QED) is 0.173. The first-order valence-corrected chi connectivity index (χ1v) is 15.7. The molecule has 0 fully saturated rings. The average Bonchev–Trinajstić information content (AvgIpc) is 3.65. The van der Waals surface area contributed by atoms with Gasteiger partial charge in [0.1, 0.15) is 0 Å². The number of nitriles is 3. The summed E-state index contributed by atoms with van der Waals surface area (Å²) in [5.74, 6) is 0. The molecule has 0 N–H and O–H groups in total. The lowest BCUT2D eigenvalue weighted by Gasteiger charge is -2.25. The largest absolute Gasteiger partial charge is 0.417 e. The van der Waals surface area contributed by atoms with E-state index in [1.165, 1.54) is 33.4 Å². The normalized spacial score (nSPS) is 12.0. The fourth-order valence-corrected chi connectivity index (χ4v) is 7.18.